The predicted molar refractivity (Wildman–Crippen MR) is 69.7 cm³/mol. The van der Waals surface area contributed by atoms with Crippen molar-refractivity contribution in [2.75, 3.05) is 11.9 Å². The molecule has 1 aromatic carbocycles. The Morgan fingerprint density at radius 3 is 2.39 bits per heavy atom. The topological polar surface area (TPSA) is 83.6 Å². The summed E-state index contributed by atoms with van der Waals surface area (Å²) in [6.07, 6.45) is -0.0172. The lowest BCUT2D eigenvalue weighted by Gasteiger charge is -2.28. The first-order chi connectivity index (χ1) is 8.25. The van der Waals surface area contributed by atoms with E-state index < -0.39 is 17.4 Å². The van der Waals surface area contributed by atoms with Crippen LogP contribution in [0.5, 0.6) is 0 Å². The Morgan fingerprint density at radius 1 is 1.33 bits per heavy atom. The summed E-state index contributed by atoms with van der Waals surface area (Å²) in [7, 11) is 1.57. The van der Waals surface area contributed by atoms with Gasteiger partial charge in [0.05, 0.1) is 6.42 Å². The van der Waals surface area contributed by atoms with Crippen molar-refractivity contribution in [1.29, 1.82) is 0 Å². The van der Waals surface area contributed by atoms with Gasteiger partial charge in [0, 0.05) is 18.2 Å². The van der Waals surface area contributed by atoms with Gasteiger partial charge in [-0.3, -0.25) is 9.69 Å². The van der Waals surface area contributed by atoms with Crippen LogP contribution in [-0.4, -0.2) is 24.2 Å². The van der Waals surface area contributed by atoms with Gasteiger partial charge in [-0.2, -0.15) is 0 Å². The average molecular weight is 250 g/mol. The zero-order valence-electron chi connectivity index (χ0n) is 10.8. The van der Waals surface area contributed by atoms with Gasteiger partial charge < -0.3 is 10.8 Å². The number of carbonyl (C=O) groups excluding carboxylic acids is 1. The molecule has 0 radical (unpaired) electrons. The molecule has 0 saturated heterocycles. The number of nitrogens with zero attached hydrogens (tertiary/aromatic N) is 1. The molecule has 0 aliphatic rings. The molecule has 0 saturated carbocycles. The molecule has 18 heavy (non-hydrogen) atoms. The summed E-state index contributed by atoms with van der Waals surface area (Å²) < 4.78 is 0. The van der Waals surface area contributed by atoms with Gasteiger partial charge in [0.25, 0.3) is 0 Å². The summed E-state index contributed by atoms with van der Waals surface area (Å²) in [5.74, 6) is -0.878. The van der Waals surface area contributed by atoms with Crippen molar-refractivity contribution in [3.05, 3.63) is 29.8 Å². The van der Waals surface area contributed by atoms with Crippen molar-refractivity contribution in [3.8, 4) is 0 Å². The van der Waals surface area contributed by atoms with Crippen molar-refractivity contribution < 1.29 is 14.7 Å². The minimum absolute atomic E-state index is 0.0172. The van der Waals surface area contributed by atoms with Crippen LogP contribution in [0.3, 0.4) is 0 Å². The molecule has 3 N–H and O–H groups in total. The number of hydrogen-bond acceptors (Lipinski definition) is 2. The second-order valence-electron chi connectivity index (χ2n) is 4.87. The number of nitrogens with two attached hydrogens (primary N) is 1. The molecule has 0 unspecified atom stereocenters. The van der Waals surface area contributed by atoms with E-state index in [9.17, 15) is 9.59 Å². The molecule has 0 fully saturated rings. The quantitative estimate of drug-likeness (QED) is 0.856. The Morgan fingerprint density at radius 2 is 1.89 bits per heavy atom. The van der Waals surface area contributed by atoms with E-state index in [0.717, 1.165) is 5.56 Å². The van der Waals surface area contributed by atoms with Crippen LogP contribution < -0.4 is 10.6 Å². The van der Waals surface area contributed by atoms with Crippen LogP contribution in [0.4, 0.5) is 10.5 Å². The molecule has 5 heteroatoms. The molecular weight excluding hydrogens is 232 g/mol. The number of carboxylic acid groups (broad SMARTS) is 1. The van der Waals surface area contributed by atoms with Crippen LogP contribution in [0.2, 0.25) is 0 Å². The van der Waals surface area contributed by atoms with Gasteiger partial charge in [-0.1, -0.05) is 32.0 Å². The molecule has 5 nitrogen and oxygen atoms in total. The maximum atomic E-state index is 11.2. The first-order valence-electron chi connectivity index (χ1n) is 5.60. The maximum Gasteiger partial charge on any atom is 0.319 e. The Hall–Kier alpha value is -2.04. The fourth-order valence-corrected chi connectivity index (χ4v) is 1.93. The lowest BCUT2D eigenvalue weighted by Crippen LogP contribution is -2.34. The summed E-state index contributed by atoms with van der Waals surface area (Å²) in [5.41, 5.74) is 6.10. The lowest BCUT2D eigenvalue weighted by atomic mass is 9.80. The first kappa shape index (κ1) is 14.0. The summed E-state index contributed by atoms with van der Waals surface area (Å²) in [4.78, 5) is 23.4. The van der Waals surface area contributed by atoms with Gasteiger partial charge in [-0.05, 0) is 11.6 Å². The van der Waals surface area contributed by atoms with E-state index in [0.29, 0.717) is 5.69 Å². The van der Waals surface area contributed by atoms with E-state index in [1.54, 1.807) is 19.2 Å². The fraction of sp³-hybridized carbons (Fsp3) is 0.385. The van der Waals surface area contributed by atoms with Crippen LogP contribution >= 0.6 is 0 Å². The SMILES string of the molecule is CN(C(N)=O)c1ccccc1C(C)(C)CC(=O)O. The Balaban J connectivity index is 3.24. The number of carbonyl (C=O) groups is 2. The second kappa shape index (κ2) is 5.08. The Labute approximate surface area is 106 Å². The third kappa shape index (κ3) is 3.00. The molecule has 0 aliphatic heterocycles. The molecule has 0 atom stereocenters. The number of benzene rings is 1. The molecule has 1 rings (SSSR count). The van der Waals surface area contributed by atoms with Crippen molar-refractivity contribution in [2.45, 2.75) is 25.7 Å². The largest absolute Gasteiger partial charge is 0.481 e. The number of hydrogen-bond donors (Lipinski definition) is 2. The molecule has 0 aliphatic carbocycles. The minimum atomic E-state index is -0.878. The number of amides is 2. The molecule has 0 heterocycles. The van der Waals surface area contributed by atoms with Gasteiger partial charge in [-0.15, -0.1) is 0 Å². The molecule has 0 spiro atoms. The highest BCUT2D eigenvalue weighted by atomic mass is 16.4. The Bertz CT molecular complexity index is 469. The van der Waals surface area contributed by atoms with Crippen LogP contribution in [0.1, 0.15) is 25.8 Å². The summed E-state index contributed by atoms with van der Waals surface area (Å²) in [5, 5.41) is 8.94. The van der Waals surface area contributed by atoms with Gasteiger partial charge in [0.2, 0.25) is 0 Å². The van der Waals surface area contributed by atoms with E-state index in [2.05, 4.69) is 0 Å². The summed E-state index contributed by atoms with van der Waals surface area (Å²) in [6.45, 7) is 3.66. The lowest BCUT2D eigenvalue weighted by molar-refractivity contribution is -0.138. The molecule has 2 amide bonds. The first-order valence-corrected chi connectivity index (χ1v) is 5.60. The van der Waals surface area contributed by atoms with E-state index >= 15 is 0 Å². The molecular formula is C13H18N2O3. The third-order valence-corrected chi connectivity index (χ3v) is 2.92. The molecule has 98 valence electrons. The number of urea groups is 1. The van der Waals surface area contributed by atoms with Crippen LogP contribution in [-0.2, 0) is 10.2 Å². The number of rotatable bonds is 4. The highest BCUT2D eigenvalue weighted by Crippen LogP contribution is 2.34. The van der Waals surface area contributed by atoms with Crippen LogP contribution in [0.25, 0.3) is 0 Å². The van der Waals surface area contributed by atoms with E-state index in [4.69, 9.17) is 10.8 Å². The zero-order valence-corrected chi connectivity index (χ0v) is 10.8. The van der Waals surface area contributed by atoms with Crippen molar-refractivity contribution in [2.24, 2.45) is 5.73 Å². The molecule has 0 bridgehead atoms. The third-order valence-electron chi connectivity index (χ3n) is 2.92. The van der Waals surface area contributed by atoms with Crippen molar-refractivity contribution in [1.82, 2.24) is 0 Å². The fourth-order valence-electron chi connectivity index (χ4n) is 1.93. The predicted octanol–water partition coefficient (Wildman–Crippen LogP) is 1.95. The van der Waals surface area contributed by atoms with Crippen molar-refractivity contribution >= 4 is 17.7 Å². The monoisotopic (exact) mass is 250 g/mol. The normalized spacial score (nSPS) is 11.1. The maximum absolute atomic E-state index is 11.2. The minimum Gasteiger partial charge on any atom is -0.481 e. The average Bonchev–Trinajstić information content (AvgIpc) is 2.26. The molecule has 0 aromatic heterocycles. The number of aliphatic carboxylic acids is 1. The van der Waals surface area contributed by atoms with E-state index in [-0.39, 0.29) is 6.42 Å². The highest BCUT2D eigenvalue weighted by molar-refractivity contribution is 5.91. The van der Waals surface area contributed by atoms with Crippen LogP contribution in [0.15, 0.2) is 24.3 Å². The summed E-state index contributed by atoms with van der Waals surface area (Å²) >= 11 is 0. The number of anilines is 1. The summed E-state index contributed by atoms with van der Waals surface area (Å²) in [6, 6.07) is 6.60. The highest BCUT2D eigenvalue weighted by Gasteiger charge is 2.28. The van der Waals surface area contributed by atoms with E-state index in [1.165, 1.54) is 4.90 Å². The van der Waals surface area contributed by atoms with Gasteiger partial charge in [0.15, 0.2) is 0 Å². The smallest absolute Gasteiger partial charge is 0.319 e. The van der Waals surface area contributed by atoms with Crippen molar-refractivity contribution in [3.63, 3.8) is 0 Å². The van der Waals surface area contributed by atoms with E-state index in [1.807, 2.05) is 26.0 Å². The second-order valence-corrected chi connectivity index (χ2v) is 4.87. The molecule has 1 aromatic rings. The standard InChI is InChI=1S/C13H18N2O3/c1-13(2,8-11(16)17)9-6-4-5-7-10(9)15(3)12(14)18/h4-7H,8H2,1-3H3,(H2,14,18)(H,16,17). The van der Waals surface area contributed by atoms with Gasteiger partial charge in [0.1, 0.15) is 0 Å². The number of para-hydroxylation sites is 1. The number of primary amides is 1. The van der Waals surface area contributed by atoms with Crippen LogP contribution in [0, 0.1) is 0 Å². The number of carboxylic acids is 1. The van der Waals surface area contributed by atoms with Gasteiger partial charge in [-0.25, -0.2) is 4.79 Å². The zero-order chi connectivity index (χ0) is 13.9. The Kier molecular flexibility index (Phi) is 3.96. The van der Waals surface area contributed by atoms with Gasteiger partial charge >= 0.3 is 12.0 Å².